The van der Waals surface area contributed by atoms with Crippen LogP contribution in [0.5, 0.6) is 0 Å². The molecule has 5 rings (SSSR count). The van der Waals surface area contributed by atoms with Crippen molar-refractivity contribution in [1.82, 2.24) is 0 Å². The number of carboxylic acids is 1. The Hall–Kier alpha value is -0.860. The van der Waals surface area contributed by atoms with Crippen LogP contribution in [0, 0.1) is 62.6 Å². The zero-order valence-electron chi connectivity index (χ0n) is 24.4. The third kappa shape index (κ3) is 3.86. The molecule has 0 bridgehead atoms. The van der Waals surface area contributed by atoms with E-state index in [1.54, 1.807) is 13.8 Å². The van der Waals surface area contributed by atoms with Crippen LogP contribution in [0.1, 0.15) is 132 Å². The predicted octanol–water partition coefficient (Wildman–Crippen LogP) is 8.55. The van der Waals surface area contributed by atoms with E-state index in [2.05, 4.69) is 34.6 Å². The van der Waals surface area contributed by atoms with Crippen molar-refractivity contribution < 1.29 is 14.7 Å². The highest BCUT2D eigenvalue weighted by Crippen LogP contribution is 2.73. The minimum Gasteiger partial charge on any atom is -0.481 e. The number of hydrogen-bond acceptors (Lipinski definition) is 2. The lowest BCUT2D eigenvalue weighted by Gasteiger charge is -2.69. The SMILES string of the molecule is CC(C)(CC(=O)CC1CCC2(C)C(CCC3(C)C4CCC5(C)CCCC5C4CCC32)C1(C)C)C(=O)O. The molecule has 0 aliphatic heterocycles. The number of carbonyl (C=O) groups excluding carboxylic acids is 1. The van der Waals surface area contributed by atoms with Gasteiger partial charge in [-0.3, -0.25) is 9.59 Å². The summed E-state index contributed by atoms with van der Waals surface area (Å²) in [6.45, 7) is 16.3. The van der Waals surface area contributed by atoms with E-state index in [4.69, 9.17) is 0 Å². The van der Waals surface area contributed by atoms with Crippen LogP contribution in [0.3, 0.4) is 0 Å². The summed E-state index contributed by atoms with van der Waals surface area (Å²) in [7, 11) is 0. The van der Waals surface area contributed by atoms with Gasteiger partial charge in [-0.25, -0.2) is 0 Å². The molecule has 0 radical (unpaired) electrons. The molecule has 9 atom stereocenters. The van der Waals surface area contributed by atoms with Gasteiger partial charge < -0.3 is 5.11 Å². The second-order valence-corrected chi connectivity index (χ2v) is 16.4. The fourth-order valence-corrected chi connectivity index (χ4v) is 11.9. The maximum atomic E-state index is 13.0. The van der Waals surface area contributed by atoms with Gasteiger partial charge in [-0.1, -0.05) is 41.0 Å². The zero-order chi connectivity index (χ0) is 26.3. The Kier molecular flexibility index (Phi) is 6.37. The van der Waals surface area contributed by atoms with E-state index >= 15 is 0 Å². The van der Waals surface area contributed by atoms with Gasteiger partial charge >= 0.3 is 5.97 Å². The summed E-state index contributed by atoms with van der Waals surface area (Å²) in [6, 6.07) is 0. The highest BCUT2D eigenvalue weighted by molar-refractivity contribution is 5.85. The molecular weight excluding hydrogens is 444 g/mol. The first-order chi connectivity index (χ1) is 16.7. The molecule has 0 aromatic rings. The van der Waals surface area contributed by atoms with Gasteiger partial charge in [0.1, 0.15) is 5.78 Å². The standard InChI is InChI=1S/C33H54O3/c1-29(2,28(35)36)20-22(34)19-21-12-17-33(7)26(30(21,3)4)14-18-32(6)25-13-16-31(5)15-8-9-24(31)23(25)10-11-27(32)33/h21,23-27H,8-20H2,1-7H3,(H,35,36). The molecule has 1 N–H and O–H groups in total. The average molecular weight is 499 g/mol. The highest BCUT2D eigenvalue weighted by Gasteiger charge is 2.65. The normalized spacial score (nSPS) is 47.8. The monoisotopic (exact) mass is 498 g/mol. The third-order valence-corrected chi connectivity index (χ3v) is 13.9. The maximum absolute atomic E-state index is 13.0. The van der Waals surface area contributed by atoms with Crippen molar-refractivity contribution in [2.24, 2.45) is 62.6 Å². The molecule has 5 fully saturated rings. The maximum Gasteiger partial charge on any atom is 0.309 e. The summed E-state index contributed by atoms with van der Waals surface area (Å²) in [5, 5.41) is 9.52. The zero-order valence-corrected chi connectivity index (χ0v) is 24.4. The first-order valence-corrected chi connectivity index (χ1v) is 15.4. The summed E-state index contributed by atoms with van der Waals surface area (Å²) < 4.78 is 0. The molecule has 0 heterocycles. The van der Waals surface area contributed by atoms with Crippen LogP contribution < -0.4 is 0 Å². The van der Waals surface area contributed by atoms with E-state index in [1.807, 2.05) is 0 Å². The van der Waals surface area contributed by atoms with Crippen LogP contribution in [0.15, 0.2) is 0 Å². The minimum absolute atomic E-state index is 0.130. The minimum atomic E-state index is -0.967. The molecule has 9 unspecified atom stereocenters. The number of carboxylic acid groups (broad SMARTS) is 1. The van der Waals surface area contributed by atoms with Crippen molar-refractivity contribution in [1.29, 1.82) is 0 Å². The van der Waals surface area contributed by atoms with Gasteiger partial charge in [0.05, 0.1) is 5.41 Å². The van der Waals surface area contributed by atoms with Gasteiger partial charge in [0.2, 0.25) is 0 Å². The van der Waals surface area contributed by atoms with E-state index in [0.717, 1.165) is 30.1 Å². The summed E-state index contributed by atoms with van der Waals surface area (Å²) in [5.74, 6) is 4.01. The van der Waals surface area contributed by atoms with Crippen molar-refractivity contribution in [2.75, 3.05) is 0 Å². The molecule has 5 aliphatic rings. The second-order valence-electron chi connectivity index (χ2n) is 16.4. The first kappa shape index (κ1) is 26.7. The number of aliphatic carboxylic acids is 1. The quantitative estimate of drug-likeness (QED) is 0.413. The van der Waals surface area contributed by atoms with Crippen LogP contribution >= 0.6 is 0 Å². The summed E-state index contributed by atoms with van der Waals surface area (Å²) in [5.41, 5.74) is 0.656. The van der Waals surface area contributed by atoms with Crippen molar-refractivity contribution in [2.45, 2.75) is 132 Å². The van der Waals surface area contributed by atoms with Crippen LogP contribution in [-0.2, 0) is 9.59 Å². The smallest absolute Gasteiger partial charge is 0.309 e. The molecular formula is C33H54O3. The van der Waals surface area contributed by atoms with Crippen molar-refractivity contribution in [3.8, 4) is 0 Å². The van der Waals surface area contributed by atoms with Gasteiger partial charge in [0.15, 0.2) is 0 Å². The van der Waals surface area contributed by atoms with Gasteiger partial charge in [-0.05, 0) is 135 Å². The fourth-order valence-electron chi connectivity index (χ4n) is 11.9. The molecule has 3 nitrogen and oxygen atoms in total. The van der Waals surface area contributed by atoms with Crippen LogP contribution in [0.4, 0.5) is 0 Å². The molecule has 5 saturated carbocycles. The van der Waals surface area contributed by atoms with Crippen LogP contribution in [-0.4, -0.2) is 16.9 Å². The molecule has 0 aromatic heterocycles. The molecule has 0 saturated heterocycles. The van der Waals surface area contributed by atoms with Crippen molar-refractivity contribution >= 4 is 11.8 Å². The lowest BCUT2D eigenvalue weighted by molar-refractivity contribution is -0.205. The number of ketones is 1. The lowest BCUT2D eigenvalue weighted by atomic mass is 9.35. The molecule has 0 spiro atoms. The molecule has 5 aliphatic carbocycles. The molecule has 36 heavy (non-hydrogen) atoms. The Bertz CT molecular complexity index is 903. The number of fused-ring (bicyclic) bond motifs is 7. The van der Waals surface area contributed by atoms with Gasteiger partial charge in [-0.2, -0.15) is 0 Å². The fraction of sp³-hybridized carbons (Fsp3) is 0.939. The third-order valence-electron chi connectivity index (χ3n) is 13.9. The summed E-state index contributed by atoms with van der Waals surface area (Å²) in [6.07, 6.45) is 16.0. The number of Topliss-reactive ketones (excluding diaryl/α,β-unsaturated/α-hetero) is 1. The van der Waals surface area contributed by atoms with Gasteiger partial charge in [-0.15, -0.1) is 0 Å². The second kappa shape index (κ2) is 8.57. The van der Waals surface area contributed by atoms with Crippen LogP contribution in [0.2, 0.25) is 0 Å². The van der Waals surface area contributed by atoms with Crippen LogP contribution in [0.25, 0.3) is 0 Å². The van der Waals surface area contributed by atoms with Gasteiger partial charge in [0.25, 0.3) is 0 Å². The first-order valence-electron chi connectivity index (χ1n) is 15.4. The molecule has 204 valence electrons. The Morgan fingerprint density at radius 2 is 1.47 bits per heavy atom. The van der Waals surface area contributed by atoms with E-state index in [0.29, 0.717) is 34.5 Å². The topological polar surface area (TPSA) is 54.4 Å². The molecule has 3 heteroatoms. The Labute approximate surface area is 221 Å². The number of hydrogen-bond donors (Lipinski definition) is 1. The predicted molar refractivity (Wildman–Crippen MR) is 145 cm³/mol. The largest absolute Gasteiger partial charge is 0.481 e. The van der Waals surface area contributed by atoms with E-state index in [1.165, 1.54) is 64.2 Å². The van der Waals surface area contributed by atoms with E-state index in [9.17, 15) is 14.7 Å². The highest BCUT2D eigenvalue weighted by atomic mass is 16.4. The summed E-state index contributed by atoms with van der Waals surface area (Å²) in [4.78, 5) is 24.6. The van der Waals surface area contributed by atoms with E-state index < -0.39 is 11.4 Å². The molecule has 0 amide bonds. The van der Waals surface area contributed by atoms with Crippen molar-refractivity contribution in [3.63, 3.8) is 0 Å². The Balaban J connectivity index is 1.34. The summed E-state index contributed by atoms with van der Waals surface area (Å²) >= 11 is 0. The number of carbonyl (C=O) groups is 2. The van der Waals surface area contributed by atoms with Crippen molar-refractivity contribution in [3.05, 3.63) is 0 Å². The Morgan fingerprint density at radius 3 is 2.17 bits per heavy atom. The van der Waals surface area contributed by atoms with Gasteiger partial charge in [0, 0.05) is 12.8 Å². The van der Waals surface area contributed by atoms with E-state index in [-0.39, 0.29) is 17.6 Å². The Morgan fingerprint density at radius 1 is 0.778 bits per heavy atom. The lowest BCUT2D eigenvalue weighted by Crippen LogP contribution is -2.62. The molecule has 0 aromatic carbocycles. The average Bonchev–Trinajstić information content (AvgIpc) is 3.17. The number of rotatable bonds is 5.